The van der Waals surface area contributed by atoms with Crippen molar-refractivity contribution in [2.45, 2.75) is 32.4 Å². The number of benzene rings is 2. The Morgan fingerprint density at radius 2 is 2.03 bits per heavy atom. The van der Waals surface area contributed by atoms with Crippen LogP contribution in [0.4, 0.5) is 0 Å². The number of rotatable bonds is 6. The minimum Gasteiger partial charge on any atom is -0.497 e. The molecular formula is C25H28N6O2. The van der Waals surface area contributed by atoms with Gasteiger partial charge in [-0.15, -0.1) is 5.10 Å². The van der Waals surface area contributed by atoms with Crippen LogP contribution >= 0.6 is 0 Å². The number of tetrazole rings is 1. The number of hydrogen-bond donors (Lipinski definition) is 1. The first-order chi connectivity index (χ1) is 16.1. The number of fused-ring (bicyclic) bond motifs is 1. The molecule has 1 aliphatic heterocycles. The number of hydrogen-bond acceptors (Lipinski definition) is 6. The van der Waals surface area contributed by atoms with Crippen LogP contribution in [0.5, 0.6) is 5.75 Å². The van der Waals surface area contributed by atoms with Crippen LogP contribution in [-0.4, -0.2) is 50.3 Å². The van der Waals surface area contributed by atoms with E-state index in [-0.39, 0.29) is 11.6 Å². The van der Waals surface area contributed by atoms with E-state index in [1.165, 1.54) is 6.42 Å². The minimum absolute atomic E-state index is 0.120. The van der Waals surface area contributed by atoms with Gasteiger partial charge in [0.2, 0.25) is 0 Å². The van der Waals surface area contributed by atoms with Crippen molar-refractivity contribution < 1.29 is 4.74 Å². The predicted molar refractivity (Wildman–Crippen MR) is 126 cm³/mol. The van der Waals surface area contributed by atoms with Crippen molar-refractivity contribution in [2.24, 2.45) is 5.92 Å². The molecule has 3 heterocycles. The summed E-state index contributed by atoms with van der Waals surface area (Å²) in [5, 5.41) is 13.6. The molecule has 2 atom stereocenters. The van der Waals surface area contributed by atoms with Crippen molar-refractivity contribution in [3.8, 4) is 5.75 Å². The first-order valence-corrected chi connectivity index (χ1v) is 11.4. The highest BCUT2D eigenvalue weighted by Gasteiger charge is 2.32. The Morgan fingerprint density at radius 1 is 1.18 bits per heavy atom. The number of ether oxygens (including phenoxy) is 1. The van der Waals surface area contributed by atoms with Gasteiger partial charge in [0.05, 0.1) is 13.7 Å². The van der Waals surface area contributed by atoms with Gasteiger partial charge in [0.1, 0.15) is 11.8 Å². The summed E-state index contributed by atoms with van der Waals surface area (Å²) in [7, 11) is 1.64. The number of pyridine rings is 1. The zero-order valence-corrected chi connectivity index (χ0v) is 18.9. The summed E-state index contributed by atoms with van der Waals surface area (Å²) in [6, 6.07) is 17.4. The van der Waals surface area contributed by atoms with Gasteiger partial charge in [0.15, 0.2) is 5.82 Å². The standard InChI is InChI=1S/C25H28N6O2/c1-17-7-6-12-30(15-17)23(24-27-28-29-31(24)16-18-8-4-3-5-9-18)21-14-19-13-20(33-2)10-11-22(19)26-25(21)32/h3-5,8-11,13-14,17,23H,6-7,12,15-16H2,1-2H3,(H,26,32)/t17-,23-/m0/s1. The lowest BCUT2D eigenvalue weighted by atomic mass is 9.95. The first kappa shape index (κ1) is 21.3. The van der Waals surface area contributed by atoms with Crippen molar-refractivity contribution in [3.63, 3.8) is 0 Å². The first-order valence-electron chi connectivity index (χ1n) is 11.4. The van der Waals surface area contributed by atoms with Crippen LogP contribution < -0.4 is 10.3 Å². The van der Waals surface area contributed by atoms with Crippen molar-refractivity contribution >= 4 is 10.9 Å². The lowest BCUT2D eigenvalue weighted by Gasteiger charge is -2.36. The lowest BCUT2D eigenvalue weighted by molar-refractivity contribution is 0.141. The molecule has 33 heavy (non-hydrogen) atoms. The molecule has 0 spiro atoms. The van der Waals surface area contributed by atoms with E-state index >= 15 is 0 Å². The topological polar surface area (TPSA) is 88.9 Å². The molecule has 8 heteroatoms. The van der Waals surface area contributed by atoms with Gasteiger partial charge < -0.3 is 9.72 Å². The molecule has 0 amide bonds. The number of methoxy groups -OCH3 is 1. The molecule has 0 radical (unpaired) electrons. The van der Waals surface area contributed by atoms with E-state index in [4.69, 9.17) is 4.74 Å². The molecule has 0 unspecified atom stereocenters. The van der Waals surface area contributed by atoms with E-state index in [9.17, 15) is 4.79 Å². The van der Waals surface area contributed by atoms with Crippen LogP contribution in [0.1, 0.15) is 42.8 Å². The van der Waals surface area contributed by atoms with Crippen molar-refractivity contribution in [3.05, 3.63) is 81.9 Å². The number of aromatic nitrogens is 5. The van der Waals surface area contributed by atoms with Crippen molar-refractivity contribution in [1.29, 1.82) is 0 Å². The fraction of sp³-hybridized carbons (Fsp3) is 0.360. The van der Waals surface area contributed by atoms with Gasteiger partial charge in [-0.3, -0.25) is 9.69 Å². The molecule has 4 aromatic rings. The second kappa shape index (κ2) is 9.15. The summed E-state index contributed by atoms with van der Waals surface area (Å²) in [5.74, 6) is 1.97. The number of nitrogens with zero attached hydrogens (tertiary/aromatic N) is 5. The van der Waals surface area contributed by atoms with Crippen LogP contribution in [0.3, 0.4) is 0 Å². The Bertz CT molecular complexity index is 1300. The molecule has 5 rings (SSSR count). The SMILES string of the molecule is COc1ccc2[nH]c(=O)c([C@@H](c3nnnn3Cc3ccccc3)N3CCC[C@H](C)C3)cc2c1. The van der Waals surface area contributed by atoms with Gasteiger partial charge in [-0.05, 0) is 65.6 Å². The average Bonchev–Trinajstić information content (AvgIpc) is 3.27. The molecule has 1 aliphatic rings. The van der Waals surface area contributed by atoms with Crippen LogP contribution in [0.25, 0.3) is 10.9 Å². The Hall–Kier alpha value is -3.52. The van der Waals surface area contributed by atoms with Gasteiger partial charge in [-0.1, -0.05) is 37.3 Å². The summed E-state index contributed by atoms with van der Waals surface area (Å²) in [5.41, 5.74) is 2.41. The fourth-order valence-electron chi connectivity index (χ4n) is 4.77. The van der Waals surface area contributed by atoms with Gasteiger partial charge in [-0.2, -0.15) is 0 Å². The number of H-pyrrole nitrogens is 1. The lowest BCUT2D eigenvalue weighted by Crippen LogP contribution is -2.41. The maximum atomic E-state index is 13.3. The third-order valence-electron chi connectivity index (χ3n) is 6.41. The van der Waals surface area contributed by atoms with E-state index in [0.29, 0.717) is 23.9 Å². The molecule has 0 aliphatic carbocycles. The maximum absolute atomic E-state index is 13.3. The summed E-state index contributed by atoms with van der Waals surface area (Å²) in [6.07, 6.45) is 2.26. The van der Waals surface area contributed by atoms with Gasteiger partial charge in [0, 0.05) is 23.0 Å². The van der Waals surface area contributed by atoms with Gasteiger partial charge in [-0.25, -0.2) is 4.68 Å². The summed E-state index contributed by atoms with van der Waals surface area (Å²) in [6.45, 7) is 4.58. The highest BCUT2D eigenvalue weighted by atomic mass is 16.5. The maximum Gasteiger partial charge on any atom is 0.253 e. The summed E-state index contributed by atoms with van der Waals surface area (Å²) < 4.78 is 7.22. The smallest absolute Gasteiger partial charge is 0.253 e. The Kier molecular flexibility index (Phi) is 5.92. The Morgan fingerprint density at radius 3 is 2.82 bits per heavy atom. The molecular weight excluding hydrogens is 416 g/mol. The average molecular weight is 445 g/mol. The molecule has 1 fully saturated rings. The van der Waals surface area contributed by atoms with E-state index in [1.807, 2.05) is 47.1 Å². The second-order valence-electron chi connectivity index (χ2n) is 8.83. The molecule has 170 valence electrons. The molecule has 1 saturated heterocycles. The zero-order valence-electron chi connectivity index (χ0n) is 18.9. The van der Waals surface area contributed by atoms with Crippen LogP contribution in [0, 0.1) is 5.92 Å². The molecule has 0 bridgehead atoms. The van der Waals surface area contributed by atoms with Gasteiger partial charge in [0.25, 0.3) is 5.56 Å². The molecule has 1 N–H and O–H groups in total. The third-order valence-corrected chi connectivity index (χ3v) is 6.41. The summed E-state index contributed by atoms with van der Waals surface area (Å²) in [4.78, 5) is 18.7. The highest BCUT2D eigenvalue weighted by molar-refractivity contribution is 5.80. The monoisotopic (exact) mass is 444 g/mol. The van der Waals surface area contributed by atoms with Crippen molar-refractivity contribution in [1.82, 2.24) is 30.1 Å². The highest BCUT2D eigenvalue weighted by Crippen LogP contribution is 2.31. The van der Waals surface area contributed by atoms with E-state index in [0.717, 1.165) is 41.7 Å². The Labute approximate surface area is 192 Å². The van der Waals surface area contributed by atoms with Crippen LogP contribution in [0.15, 0.2) is 59.4 Å². The summed E-state index contributed by atoms with van der Waals surface area (Å²) >= 11 is 0. The third kappa shape index (κ3) is 4.39. The number of likely N-dealkylation sites (tertiary alicyclic amines) is 1. The number of aromatic amines is 1. The zero-order chi connectivity index (χ0) is 22.8. The largest absolute Gasteiger partial charge is 0.497 e. The second-order valence-corrected chi connectivity index (χ2v) is 8.83. The van der Waals surface area contributed by atoms with E-state index in [2.05, 4.69) is 44.5 Å². The number of nitrogens with one attached hydrogen (secondary N) is 1. The van der Waals surface area contributed by atoms with E-state index in [1.54, 1.807) is 7.11 Å². The van der Waals surface area contributed by atoms with Gasteiger partial charge >= 0.3 is 0 Å². The molecule has 0 saturated carbocycles. The Balaban J connectivity index is 1.63. The predicted octanol–water partition coefficient (Wildman–Crippen LogP) is 3.39. The van der Waals surface area contributed by atoms with Crippen LogP contribution in [0.2, 0.25) is 0 Å². The fourth-order valence-corrected chi connectivity index (χ4v) is 4.77. The van der Waals surface area contributed by atoms with E-state index < -0.39 is 0 Å². The molecule has 8 nitrogen and oxygen atoms in total. The normalized spacial score (nSPS) is 17.8. The van der Waals surface area contributed by atoms with Crippen molar-refractivity contribution in [2.75, 3.05) is 20.2 Å². The van der Waals surface area contributed by atoms with Crippen LogP contribution in [-0.2, 0) is 6.54 Å². The quantitative estimate of drug-likeness (QED) is 0.490. The molecule has 2 aromatic carbocycles. The molecule has 2 aromatic heterocycles. The minimum atomic E-state index is -0.342. The number of piperidine rings is 1.